The predicted octanol–water partition coefficient (Wildman–Crippen LogP) is 2.24. The Kier molecular flexibility index (Phi) is 8.03. The van der Waals surface area contributed by atoms with E-state index in [4.69, 9.17) is 4.74 Å². The van der Waals surface area contributed by atoms with Gasteiger partial charge in [0.05, 0.1) is 0 Å². The highest BCUT2D eigenvalue weighted by atomic mass is 16.6. The maximum Gasteiger partial charge on any atom is 0.407 e. The van der Waals surface area contributed by atoms with Crippen LogP contribution in [-0.2, 0) is 4.74 Å². The van der Waals surface area contributed by atoms with Gasteiger partial charge in [0.2, 0.25) is 0 Å². The lowest BCUT2D eigenvalue weighted by molar-refractivity contribution is 0.0521. The van der Waals surface area contributed by atoms with E-state index in [1.165, 1.54) is 0 Å². The minimum Gasteiger partial charge on any atom is -0.444 e. The molecule has 6 heteroatoms. The van der Waals surface area contributed by atoms with E-state index in [1.807, 2.05) is 27.7 Å². The number of urea groups is 1. The number of carbonyl (C=O) groups excluding carboxylic acids is 2. The molecule has 1 atom stereocenters. The molecule has 20 heavy (non-hydrogen) atoms. The van der Waals surface area contributed by atoms with E-state index < -0.39 is 11.7 Å². The molecule has 0 aliphatic carbocycles. The van der Waals surface area contributed by atoms with E-state index in [2.05, 4.69) is 29.8 Å². The van der Waals surface area contributed by atoms with Crippen molar-refractivity contribution in [3.05, 3.63) is 0 Å². The third kappa shape index (κ3) is 10.5. The largest absolute Gasteiger partial charge is 0.444 e. The molecule has 0 fully saturated rings. The van der Waals surface area contributed by atoms with Crippen LogP contribution in [0.5, 0.6) is 0 Å². The lowest BCUT2D eigenvalue weighted by atomic mass is 10.0. The topological polar surface area (TPSA) is 79.5 Å². The molecule has 6 nitrogen and oxygen atoms in total. The highest BCUT2D eigenvalue weighted by molar-refractivity contribution is 5.74. The second kappa shape index (κ2) is 8.66. The number of alkyl carbamates (subject to hydrolysis) is 1. The summed E-state index contributed by atoms with van der Waals surface area (Å²) in [6, 6.07) is -0.335. The zero-order chi connectivity index (χ0) is 15.8. The van der Waals surface area contributed by atoms with Crippen molar-refractivity contribution >= 4 is 12.1 Å². The summed E-state index contributed by atoms with van der Waals surface area (Å²) in [5, 5.41) is 8.22. The minimum atomic E-state index is -0.523. The van der Waals surface area contributed by atoms with E-state index >= 15 is 0 Å². The summed E-state index contributed by atoms with van der Waals surface area (Å²) in [5.74, 6) is 0.419. The summed E-state index contributed by atoms with van der Waals surface area (Å²) >= 11 is 0. The Bertz CT molecular complexity index is 311. The summed E-state index contributed by atoms with van der Waals surface area (Å²) < 4.78 is 5.17. The summed E-state index contributed by atoms with van der Waals surface area (Å²) in [6.45, 7) is 12.3. The van der Waals surface area contributed by atoms with Crippen LogP contribution >= 0.6 is 0 Å². The van der Waals surface area contributed by atoms with Gasteiger partial charge in [0.25, 0.3) is 0 Å². The minimum absolute atomic E-state index is 0.117. The first-order valence-corrected chi connectivity index (χ1v) is 7.15. The number of ether oxygens (including phenoxy) is 1. The highest BCUT2D eigenvalue weighted by Gasteiger charge is 2.19. The normalized spacial score (nSPS) is 12.8. The van der Waals surface area contributed by atoms with Crippen LogP contribution in [-0.4, -0.2) is 36.9 Å². The van der Waals surface area contributed by atoms with Gasteiger partial charge in [-0.15, -0.1) is 0 Å². The van der Waals surface area contributed by atoms with Crippen molar-refractivity contribution in [1.29, 1.82) is 0 Å². The Morgan fingerprint density at radius 2 is 1.75 bits per heavy atom. The maximum atomic E-state index is 11.6. The van der Waals surface area contributed by atoms with Gasteiger partial charge in [0.15, 0.2) is 0 Å². The van der Waals surface area contributed by atoms with Gasteiger partial charge in [0.1, 0.15) is 5.60 Å². The summed E-state index contributed by atoms with van der Waals surface area (Å²) in [7, 11) is 0. The van der Waals surface area contributed by atoms with Gasteiger partial charge in [-0.3, -0.25) is 0 Å². The molecule has 3 N–H and O–H groups in total. The first kappa shape index (κ1) is 18.5. The smallest absolute Gasteiger partial charge is 0.407 e. The SMILES string of the molecule is CCNC(=O)N[C@H](CNC(=O)OC(C)(C)C)CC(C)C. The van der Waals surface area contributed by atoms with Crippen molar-refractivity contribution in [3.63, 3.8) is 0 Å². The van der Waals surface area contributed by atoms with Crippen LogP contribution in [0.25, 0.3) is 0 Å². The Morgan fingerprint density at radius 3 is 2.20 bits per heavy atom. The van der Waals surface area contributed by atoms with Crippen molar-refractivity contribution in [2.24, 2.45) is 5.92 Å². The van der Waals surface area contributed by atoms with Crippen LogP contribution in [0.15, 0.2) is 0 Å². The van der Waals surface area contributed by atoms with Gasteiger partial charge in [-0.2, -0.15) is 0 Å². The molecule has 0 aromatic heterocycles. The monoisotopic (exact) mass is 287 g/mol. The molecule has 0 radical (unpaired) electrons. The lowest BCUT2D eigenvalue weighted by Gasteiger charge is -2.23. The average Bonchev–Trinajstić information content (AvgIpc) is 2.23. The van der Waals surface area contributed by atoms with Crippen molar-refractivity contribution in [2.45, 2.75) is 59.6 Å². The maximum absolute atomic E-state index is 11.6. The first-order chi connectivity index (χ1) is 9.14. The van der Waals surface area contributed by atoms with E-state index in [1.54, 1.807) is 0 Å². The number of hydrogen-bond acceptors (Lipinski definition) is 3. The number of nitrogens with one attached hydrogen (secondary N) is 3. The zero-order valence-electron chi connectivity index (χ0n) is 13.5. The van der Waals surface area contributed by atoms with E-state index in [-0.39, 0.29) is 12.1 Å². The van der Waals surface area contributed by atoms with Crippen molar-refractivity contribution in [3.8, 4) is 0 Å². The van der Waals surface area contributed by atoms with Crippen LogP contribution in [0.2, 0.25) is 0 Å². The molecule has 0 saturated heterocycles. The van der Waals surface area contributed by atoms with Crippen LogP contribution < -0.4 is 16.0 Å². The van der Waals surface area contributed by atoms with Crippen LogP contribution in [0, 0.1) is 5.92 Å². The van der Waals surface area contributed by atoms with Crippen molar-refractivity contribution in [1.82, 2.24) is 16.0 Å². The van der Waals surface area contributed by atoms with E-state index in [9.17, 15) is 9.59 Å². The van der Waals surface area contributed by atoms with Gasteiger partial charge < -0.3 is 20.7 Å². The molecule has 0 heterocycles. The third-order valence-corrected chi connectivity index (χ3v) is 2.32. The lowest BCUT2D eigenvalue weighted by Crippen LogP contribution is -2.48. The van der Waals surface area contributed by atoms with Gasteiger partial charge in [-0.1, -0.05) is 13.8 Å². The van der Waals surface area contributed by atoms with E-state index in [0.29, 0.717) is 19.0 Å². The van der Waals surface area contributed by atoms with Gasteiger partial charge in [-0.25, -0.2) is 9.59 Å². The van der Waals surface area contributed by atoms with Crippen LogP contribution in [0.3, 0.4) is 0 Å². The zero-order valence-corrected chi connectivity index (χ0v) is 13.5. The Morgan fingerprint density at radius 1 is 1.15 bits per heavy atom. The third-order valence-electron chi connectivity index (χ3n) is 2.32. The number of carbonyl (C=O) groups is 2. The molecular formula is C14H29N3O3. The standard InChI is InChI=1S/C14H29N3O3/c1-7-15-12(18)17-11(8-10(2)3)9-16-13(19)20-14(4,5)6/h10-11H,7-9H2,1-6H3,(H,16,19)(H2,15,17,18)/t11-/m0/s1. The summed E-state index contributed by atoms with van der Waals surface area (Å²) in [6.07, 6.45) is 0.316. The first-order valence-electron chi connectivity index (χ1n) is 7.15. The molecule has 0 aromatic carbocycles. The fourth-order valence-corrected chi connectivity index (χ4v) is 1.68. The van der Waals surface area contributed by atoms with Gasteiger partial charge in [0, 0.05) is 19.1 Å². The molecule has 0 bridgehead atoms. The Balaban J connectivity index is 4.29. The quantitative estimate of drug-likeness (QED) is 0.701. The molecule has 0 aliphatic heterocycles. The van der Waals surface area contributed by atoms with Crippen molar-refractivity contribution in [2.75, 3.05) is 13.1 Å². The average molecular weight is 287 g/mol. The van der Waals surface area contributed by atoms with E-state index in [0.717, 1.165) is 6.42 Å². The molecule has 3 amide bonds. The Hall–Kier alpha value is -1.46. The highest BCUT2D eigenvalue weighted by Crippen LogP contribution is 2.07. The Labute approximate surface area is 122 Å². The number of amides is 3. The summed E-state index contributed by atoms with van der Waals surface area (Å²) in [5.41, 5.74) is -0.523. The predicted molar refractivity (Wildman–Crippen MR) is 79.7 cm³/mol. The molecule has 0 unspecified atom stereocenters. The second-order valence-electron chi connectivity index (χ2n) is 6.21. The molecule has 0 spiro atoms. The van der Waals surface area contributed by atoms with Gasteiger partial charge >= 0.3 is 12.1 Å². The summed E-state index contributed by atoms with van der Waals surface area (Å²) in [4.78, 5) is 23.1. The molecule has 0 saturated carbocycles. The molecule has 0 aromatic rings. The fraction of sp³-hybridized carbons (Fsp3) is 0.857. The van der Waals surface area contributed by atoms with Crippen molar-refractivity contribution < 1.29 is 14.3 Å². The molecule has 0 aliphatic rings. The second-order valence-corrected chi connectivity index (χ2v) is 6.21. The van der Waals surface area contributed by atoms with Crippen LogP contribution in [0.1, 0.15) is 48.0 Å². The van der Waals surface area contributed by atoms with Crippen LogP contribution in [0.4, 0.5) is 9.59 Å². The number of rotatable bonds is 6. The number of hydrogen-bond donors (Lipinski definition) is 3. The fourth-order valence-electron chi connectivity index (χ4n) is 1.68. The molecule has 118 valence electrons. The van der Waals surface area contributed by atoms with Gasteiger partial charge in [-0.05, 0) is 40.0 Å². The molecule has 0 rings (SSSR count). The molecular weight excluding hydrogens is 258 g/mol.